The number of hydrogen-bond acceptors (Lipinski definition) is 6. The number of hydrogen-bond donors (Lipinski definition) is 0. The summed E-state index contributed by atoms with van der Waals surface area (Å²) < 4.78 is 20.4. The van der Waals surface area contributed by atoms with Crippen LogP contribution in [0.15, 0.2) is 41.2 Å². The number of anilines is 1. The van der Waals surface area contributed by atoms with E-state index in [0.29, 0.717) is 50.1 Å². The normalized spacial score (nSPS) is 16.1. The molecule has 1 amide bonds. The van der Waals surface area contributed by atoms with E-state index >= 15 is 0 Å². The number of esters is 1. The Labute approximate surface area is 274 Å². The molecule has 3 aromatic rings. The Bertz CT molecular complexity index is 1580. The number of halogens is 2. The van der Waals surface area contributed by atoms with Crippen LogP contribution in [0.1, 0.15) is 58.2 Å². The number of amides is 1. The Morgan fingerprint density at radius 3 is 2.18 bits per heavy atom. The lowest BCUT2D eigenvalue weighted by Gasteiger charge is -2.35. The van der Waals surface area contributed by atoms with Gasteiger partial charge in [0.15, 0.2) is 4.84 Å². The summed E-state index contributed by atoms with van der Waals surface area (Å²) in [5.74, 6) is 0.358. The molecule has 3 heterocycles. The van der Waals surface area contributed by atoms with Crippen molar-refractivity contribution in [3.63, 3.8) is 0 Å². The number of rotatable bonds is 5. The summed E-state index contributed by atoms with van der Waals surface area (Å²) in [7, 11) is 0. The largest absolute Gasteiger partial charge is 0.489 e. The van der Waals surface area contributed by atoms with Gasteiger partial charge >= 0.3 is 5.97 Å². The van der Waals surface area contributed by atoms with Crippen LogP contribution in [0.5, 0.6) is 11.6 Å². The zero-order chi connectivity index (χ0) is 33.1. The van der Waals surface area contributed by atoms with E-state index in [1.807, 2.05) is 52.0 Å². The molecule has 2 aliphatic heterocycles. The highest BCUT2D eigenvalue weighted by Crippen LogP contribution is 2.37. The van der Waals surface area contributed by atoms with Crippen LogP contribution in [0, 0.1) is 12.3 Å². The van der Waals surface area contributed by atoms with Gasteiger partial charge in [-0.1, -0.05) is 66.9 Å². The third-order valence-electron chi connectivity index (χ3n) is 7.81. The number of ether oxygens (including phenoxy) is 3. The van der Waals surface area contributed by atoms with Gasteiger partial charge in [0.25, 0.3) is 11.5 Å². The summed E-state index contributed by atoms with van der Waals surface area (Å²) in [4.78, 5) is 38.7. The first kappa shape index (κ1) is 34.6. The molecule has 11 heteroatoms. The first-order chi connectivity index (χ1) is 21.3. The van der Waals surface area contributed by atoms with Crippen molar-refractivity contribution in [2.24, 2.45) is 5.41 Å². The molecule has 0 saturated heterocycles. The molecular weight excluding hydrogens is 617 g/mol. The van der Waals surface area contributed by atoms with Gasteiger partial charge in [0, 0.05) is 0 Å². The van der Waals surface area contributed by atoms with Crippen LogP contribution in [-0.2, 0) is 40.3 Å². The quantitative estimate of drug-likeness (QED) is 0.235. The second-order valence-electron chi connectivity index (χ2n) is 12.3. The molecule has 1 atom stereocenters. The maximum Gasteiger partial charge on any atom is 0.317 e. The van der Waals surface area contributed by atoms with E-state index in [2.05, 4.69) is 32.9 Å². The molecule has 0 saturated carbocycles. The van der Waals surface area contributed by atoms with Gasteiger partial charge in [0.2, 0.25) is 5.88 Å². The molecule has 1 unspecified atom stereocenters. The number of fused-ring (bicyclic) bond motifs is 2. The Morgan fingerprint density at radius 2 is 1.60 bits per heavy atom. The number of para-hydroxylation sites is 2. The van der Waals surface area contributed by atoms with Crippen molar-refractivity contribution in [3.05, 3.63) is 63.4 Å². The molecule has 1 aromatic heterocycles. The lowest BCUT2D eigenvalue weighted by Crippen LogP contribution is -2.47. The summed E-state index contributed by atoms with van der Waals surface area (Å²) in [6.45, 7) is 15.9. The van der Waals surface area contributed by atoms with E-state index in [1.54, 1.807) is 14.3 Å². The van der Waals surface area contributed by atoms with Gasteiger partial charge in [-0.25, -0.2) is 9.36 Å². The molecule has 2 aromatic carbocycles. The fourth-order valence-corrected chi connectivity index (χ4v) is 5.75. The van der Waals surface area contributed by atoms with E-state index in [-0.39, 0.29) is 23.5 Å². The van der Waals surface area contributed by atoms with Crippen molar-refractivity contribution >= 4 is 40.8 Å². The molecule has 5 rings (SSSR count). The second kappa shape index (κ2) is 14.4. The molecule has 0 fully saturated rings. The first-order valence-electron chi connectivity index (χ1n) is 15.4. The SMILES string of the molecule is CC1COc2ccccc2N1C(=O)C(Cl)Cl.CCc1cc(C)cc(CC)c1-c1c(OC(=O)C(C)(C)C)n2n(c1=O)CCOCC2. The van der Waals surface area contributed by atoms with Crippen LogP contribution >= 0.6 is 23.2 Å². The van der Waals surface area contributed by atoms with Crippen LogP contribution in [0.2, 0.25) is 0 Å². The number of carbonyl (C=O) groups is 2. The highest BCUT2D eigenvalue weighted by Gasteiger charge is 2.33. The van der Waals surface area contributed by atoms with Gasteiger partial charge in [-0.05, 0) is 76.3 Å². The third-order valence-corrected chi connectivity index (χ3v) is 8.19. The number of nitrogens with zero attached hydrogens (tertiary/aromatic N) is 3. The molecule has 0 radical (unpaired) electrons. The summed E-state index contributed by atoms with van der Waals surface area (Å²) in [5.41, 5.74) is 4.71. The molecule has 45 heavy (non-hydrogen) atoms. The van der Waals surface area contributed by atoms with Crippen molar-refractivity contribution in [1.29, 1.82) is 0 Å². The van der Waals surface area contributed by atoms with Crippen molar-refractivity contribution in [2.45, 2.75) is 85.3 Å². The lowest BCUT2D eigenvalue weighted by atomic mass is 9.91. The number of aryl methyl sites for hydroxylation is 3. The smallest absolute Gasteiger partial charge is 0.317 e. The van der Waals surface area contributed by atoms with Crippen LogP contribution in [0.25, 0.3) is 11.1 Å². The van der Waals surface area contributed by atoms with Gasteiger partial charge in [0.1, 0.15) is 17.9 Å². The zero-order valence-electron chi connectivity index (χ0n) is 27.1. The predicted octanol–water partition coefficient (Wildman–Crippen LogP) is 6.34. The van der Waals surface area contributed by atoms with Crippen molar-refractivity contribution < 1.29 is 23.8 Å². The van der Waals surface area contributed by atoms with E-state index in [4.69, 9.17) is 37.4 Å². The average Bonchev–Trinajstić information content (AvgIpc) is 3.13. The highest BCUT2D eigenvalue weighted by atomic mass is 35.5. The standard InChI is InChI=1S/C23H32N2O4.C11H11Cl2NO2/c1-7-16-13-15(3)14-17(8-2)18(16)19-20(26)24-9-11-28-12-10-25(24)21(19)29-22(27)23(4,5)6;1-7-6-16-9-5-3-2-4-8(9)14(7)11(15)10(12)13/h13-14H,7-12H2,1-6H3;2-5,7,10H,6H2,1H3. The van der Waals surface area contributed by atoms with Gasteiger partial charge in [-0.2, -0.15) is 0 Å². The Kier molecular flexibility index (Phi) is 11.1. The van der Waals surface area contributed by atoms with Crippen molar-refractivity contribution in [1.82, 2.24) is 9.36 Å². The monoisotopic (exact) mass is 659 g/mol. The lowest BCUT2D eigenvalue weighted by molar-refractivity contribution is -0.143. The van der Waals surface area contributed by atoms with Gasteiger partial charge in [-0.15, -0.1) is 0 Å². The minimum Gasteiger partial charge on any atom is -0.489 e. The average molecular weight is 661 g/mol. The Balaban J connectivity index is 0.000000242. The minimum atomic E-state index is -1.05. The number of carbonyl (C=O) groups excluding carboxylic acids is 2. The fourth-order valence-electron chi connectivity index (χ4n) is 5.54. The van der Waals surface area contributed by atoms with Crippen LogP contribution < -0.4 is 19.9 Å². The topological polar surface area (TPSA) is 92.0 Å². The van der Waals surface area contributed by atoms with Crippen molar-refractivity contribution in [2.75, 3.05) is 24.7 Å². The van der Waals surface area contributed by atoms with E-state index in [0.717, 1.165) is 35.2 Å². The molecule has 0 aliphatic carbocycles. The van der Waals surface area contributed by atoms with Gasteiger partial charge in [-0.3, -0.25) is 14.4 Å². The fraction of sp³-hybridized carbons (Fsp3) is 0.500. The van der Waals surface area contributed by atoms with E-state index in [9.17, 15) is 14.4 Å². The summed E-state index contributed by atoms with van der Waals surface area (Å²) >= 11 is 11.3. The number of benzene rings is 2. The number of aromatic nitrogens is 2. The maximum atomic E-state index is 13.5. The van der Waals surface area contributed by atoms with Gasteiger partial charge in [0.05, 0.1) is 43.4 Å². The molecule has 0 bridgehead atoms. The number of alkyl halides is 2. The minimum absolute atomic E-state index is 0.0672. The van der Waals surface area contributed by atoms with Crippen LogP contribution in [-0.4, -0.2) is 51.9 Å². The second-order valence-corrected chi connectivity index (χ2v) is 13.4. The van der Waals surface area contributed by atoms with Crippen LogP contribution in [0.4, 0.5) is 5.69 Å². The van der Waals surface area contributed by atoms with Crippen LogP contribution in [0.3, 0.4) is 0 Å². The summed E-state index contributed by atoms with van der Waals surface area (Å²) in [5, 5.41) is 0. The summed E-state index contributed by atoms with van der Waals surface area (Å²) in [6, 6.07) is 11.5. The Hall–Kier alpha value is -3.27. The predicted molar refractivity (Wildman–Crippen MR) is 178 cm³/mol. The van der Waals surface area contributed by atoms with Gasteiger partial charge < -0.3 is 19.1 Å². The molecule has 9 nitrogen and oxygen atoms in total. The first-order valence-corrected chi connectivity index (χ1v) is 16.3. The maximum absolute atomic E-state index is 13.5. The molecule has 0 spiro atoms. The molecule has 0 N–H and O–H groups in total. The summed E-state index contributed by atoms with van der Waals surface area (Å²) in [6.07, 6.45) is 1.59. The molecular formula is C34H43Cl2N3O6. The zero-order valence-corrected chi connectivity index (χ0v) is 28.6. The van der Waals surface area contributed by atoms with Crippen molar-refractivity contribution in [3.8, 4) is 22.8 Å². The van der Waals surface area contributed by atoms with E-state index < -0.39 is 10.3 Å². The van der Waals surface area contributed by atoms with E-state index in [1.165, 1.54) is 5.56 Å². The Morgan fingerprint density at radius 1 is 1.00 bits per heavy atom. The molecule has 2 aliphatic rings. The highest BCUT2D eigenvalue weighted by molar-refractivity contribution is 6.54. The molecule has 244 valence electrons. The third kappa shape index (κ3) is 7.42.